The summed E-state index contributed by atoms with van der Waals surface area (Å²) in [6, 6.07) is 9.48. The third kappa shape index (κ3) is 2.10. The first kappa shape index (κ1) is 12.9. The van der Waals surface area contributed by atoms with Gasteiger partial charge in [-0.2, -0.15) is 0 Å². The number of carboxylic acids is 1. The highest BCUT2D eigenvalue weighted by Gasteiger charge is 2.15. The third-order valence-corrected chi connectivity index (χ3v) is 4.30. The molecular weight excluding hydrogens is 272 g/mol. The highest BCUT2D eigenvalue weighted by atomic mass is 32.1. The summed E-state index contributed by atoms with van der Waals surface area (Å²) in [6.45, 7) is 4.71. The van der Waals surface area contributed by atoms with Crippen LogP contribution in [0, 0.1) is 13.8 Å². The lowest BCUT2D eigenvalue weighted by molar-refractivity contribution is 0.0699. The van der Waals surface area contributed by atoms with Crippen LogP contribution in [0.3, 0.4) is 0 Å². The molecule has 102 valence electrons. The quantitative estimate of drug-likeness (QED) is 0.802. The van der Waals surface area contributed by atoms with Gasteiger partial charge in [-0.3, -0.25) is 0 Å². The second-order valence-corrected chi connectivity index (χ2v) is 6.11. The van der Waals surface area contributed by atoms with Gasteiger partial charge in [0.05, 0.1) is 17.6 Å². The van der Waals surface area contributed by atoms with Crippen LogP contribution < -0.4 is 0 Å². The molecule has 0 unspecified atom stereocenters. The standard InChI is InChI=1S/C15H14N2O2S/c1-9-6-7-11(20-9)8-17-10(2)16-14-12(15(18)19)4-3-5-13(14)17/h3-7H,8H2,1-2H3,(H,18,19). The highest BCUT2D eigenvalue weighted by molar-refractivity contribution is 7.11. The van der Waals surface area contributed by atoms with E-state index in [-0.39, 0.29) is 5.56 Å². The van der Waals surface area contributed by atoms with E-state index in [0.29, 0.717) is 5.52 Å². The molecule has 20 heavy (non-hydrogen) atoms. The molecule has 4 nitrogen and oxygen atoms in total. The molecule has 3 rings (SSSR count). The Hall–Kier alpha value is -2.14. The number of hydrogen-bond acceptors (Lipinski definition) is 3. The number of aromatic carboxylic acids is 1. The lowest BCUT2D eigenvalue weighted by Gasteiger charge is -2.05. The van der Waals surface area contributed by atoms with Gasteiger partial charge < -0.3 is 9.67 Å². The molecule has 2 heterocycles. The second kappa shape index (κ2) is 4.76. The lowest BCUT2D eigenvalue weighted by Crippen LogP contribution is -2.01. The summed E-state index contributed by atoms with van der Waals surface area (Å²) in [7, 11) is 0. The number of carboxylic acid groups (broad SMARTS) is 1. The first-order chi connectivity index (χ1) is 9.56. The number of carbonyl (C=O) groups is 1. The van der Waals surface area contributed by atoms with Crippen LogP contribution in [0.25, 0.3) is 11.0 Å². The molecule has 0 fully saturated rings. The minimum Gasteiger partial charge on any atom is -0.478 e. The zero-order valence-electron chi connectivity index (χ0n) is 11.3. The maximum absolute atomic E-state index is 11.2. The maximum Gasteiger partial charge on any atom is 0.337 e. The van der Waals surface area contributed by atoms with Gasteiger partial charge in [-0.15, -0.1) is 11.3 Å². The Kier molecular flexibility index (Phi) is 3.06. The minimum absolute atomic E-state index is 0.256. The number of imidazole rings is 1. The summed E-state index contributed by atoms with van der Waals surface area (Å²) in [6.07, 6.45) is 0. The number of benzene rings is 1. The summed E-state index contributed by atoms with van der Waals surface area (Å²) >= 11 is 1.75. The van der Waals surface area contributed by atoms with Crippen LogP contribution >= 0.6 is 11.3 Å². The number of para-hydroxylation sites is 1. The molecule has 0 aliphatic rings. The molecule has 0 spiro atoms. The van der Waals surface area contributed by atoms with Gasteiger partial charge in [0.15, 0.2) is 0 Å². The van der Waals surface area contributed by atoms with Gasteiger partial charge in [0.25, 0.3) is 0 Å². The Morgan fingerprint density at radius 1 is 1.30 bits per heavy atom. The minimum atomic E-state index is -0.938. The molecule has 0 saturated heterocycles. The van der Waals surface area contributed by atoms with Gasteiger partial charge >= 0.3 is 5.97 Å². The number of aromatic nitrogens is 2. The van der Waals surface area contributed by atoms with Crippen LogP contribution in [0.1, 0.15) is 25.9 Å². The van der Waals surface area contributed by atoms with Crippen LogP contribution in [0.4, 0.5) is 0 Å². The molecule has 5 heteroatoms. The Morgan fingerprint density at radius 2 is 2.10 bits per heavy atom. The van der Waals surface area contributed by atoms with Crippen molar-refractivity contribution in [2.75, 3.05) is 0 Å². The van der Waals surface area contributed by atoms with Gasteiger partial charge in [0.2, 0.25) is 0 Å². The molecule has 0 bridgehead atoms. The lowest BCUT2D eigenvalue weighted by atomic mass is 10.2. The predicted octanol–water partition coefficient (Wildman–Crippen LogP) is 3.46. The van der Waals surface area contributed by atoms with Crippen LogP contribution in [0.5, 0.6) is 0 Å². The van der Waals surface area contributed by atoms with Crippen molar-refractivity contribution in [2.24, 2.45) is 0 Å². The molecule has 0 aliphatic carbocycles. The first-order valence-electron chi connectivity index (χ1n) is 6.30. The zero-order chi connectivity index (χ0) is 14.3. The summed E-state index contributed by atoms with van der Waals surface area (Å²) in [5.74, 6) is -0.105. The van der Waals surface area contributed by atoms with Crippen molar-refractivity contribution >= 4 is 28.3 Å². The third-order valence-electron chi connectivity index (χ3n) is 3.31. The maximum atomic E-state index is 11.2. The normalized spacial score (nSPS) is 11.1. The molecule has 0 radical (unpaired) electrons. The van der Waals surface area contributed by atoms with Crippen LogP contribution in [0.15, 0.2) is 30.3 Å². The Balaban J connectivity index is 2.14. The summed E-state index contributed by atoms with van der Waals surface area (Å²) in [4.78, 5) is 18.2. The number of aryl methyl sites for hydroxylation is 2. The fourth-order valence-corrected chi connectivity index (χ4v) is 3.24. The molecule has 0 amide bonds. The first-order valence-corrected chi connectivity index (χ1v) is 7.12. The Morgan fingerprint density at radius 3 is 2.75 bits per heavy atom. The van der Waals surface area contributed by atoms with Gasteiger partial charge in [-0.1, -0.05) is 6.07 Å². The molecule has 0 atom stereocenters. The number of rotatable bonds is 3. The van der Waals surface area contributed by atoms with Gasteiger partial charge in [-0.05, 0) is 38.1 Å². The van der Waals surface area contributed by atoms with E-state index in [2.05, 4.69) is 28.6 Å². The molecule has 0 saturated carbocycles. The van der Waals surface area contributed by atoms with Crippen molar-refractivity contribution < 1.29 is 9.90 Å². The largest absolute Gasteiger partial charge is 0.478 e. The van der Waals surface area contributed by atoms with E-state index in [4.69, 9.17) is 0 Å². The van der Waals surface area contributed by atoms with Crippen LogP contribution in [-0.2, 0) is 6.54 Å². The number of thiophene rings is 1. The van der Waals surface area contributed by atoms with E-state index in [1.165, 1.54) is 9.75 Å². The SMILES string of the molecule is Cc1ccc(Cn2c(C)nc3c(C(=O)O)cccc32)s1. The van der Waals surface area contributed by atoms with Gasteiger partial charge in [0, 0.05) is 9.75 Å². The monoisotopic (exact) mass is 286 g/mol. The fourth-order valence-electron chi connectivity index (χ4n) is 2.36. The van der Waals surface area contributed by atoms with E-state index in [1.807, 2.05) is 13.0 Å². The van der Waals surface area contributed by atoms with Gasteiger partial charge in [0.1, 0.15) is 11.3 Å². The van der Waals surface area contributed by atoms with Gasteiger partial charge in [-0.25, -0.2) is 9.78 Å². The number of nitrogens with zero attached hydrogens (tertiary/aromatic N) is 2. The van der Waals surface area contributed by atoms with Crippen molar-refractivity contribution in [3.05, 3.63) is 51.5 Å². The summed E-state index contributed by atoms with van der Waals surface area (Å²) < 4.78 is 2.06. The van der Waals surface area contributed by atoms with Crippen molar-refractivity contribution in [1.29, 1.82) is 0 Å². The molecule has 0 aliphatic heterocycles. The molecule has 2 aromatic heterocycles. The molecule has 1 aromatic carbocycles. The van der Waals surface area contributed by atoms with Crippen molar-refractivity contribution in [1.82, 2.24) is 9.55 Å². The van der Waals surface area contributed by atoms with Crippen molar-refractivity contribution in [2.45, 2.75) is 20.4 Å². The van der Waals surface area contributed by atoms with Crippen molar-refractivity contribution in [3.8, 4) is 0 Å². The summed E-state index contributed by atoms with van der Waals surface area (Å²) in [5, 5.41) is 9.23. The highest BCUT2D eigenvalue weighted by Crippen LogP contribution is 2.23. The molecule has 1 N–H and O–H groups in total. The predicted molar refractivity (Wildman–Crippen MR) is 79.6 cm³/mol. The summed E-state index contributed by atoms with van der Waals surface area (Å²) in [5.41, 5.74) is 1.69. The smallest absolute Gasteiger partial charge is 0.337 e. The topological polar surface area (TPSA) is 55.1 Å². The van der Waals surface area contributed by atoms with E-state index < -0.39 is 5.97 Å². The average Bonchev–Trinajstić information content (AvgIpc) is 2.94. The zero-order valence-corrected chi connectivity index (χ0v) is 12.1. The molecule has 3 aromatic rings. The number of fused-ring (bicyclic) bond motifs is 1. The Labute approximate surface area is 120 Å². The number of hydrogen-bond donors (Lipinski definition) is 1. The Bertz CT molecular complexity index is 801. The second-order valence-electron chi connectivity index (χ2n) is 4.74. The van der Waals surface area contributed by atoms with E-state index in [0.717, 1.165) is 17.9 Å². The van der Waals surface area contributed by atoms with Crippen molar-refractivity contribution in [3.63, 3.8) is 0 Å². The van der Waals surface area contributed by atoms with E-state index in [9.17, 15) is 9.90 Å². The average molecular weight is 286 g/mol. The fraction of sp³-hybridized carbons (Fsp3) is 0.200. The van der Waals surface area contributed by atoms with Crippen LogP contribution in [-0.4, -0.2) is 20.6 Å². The van der Waals surface area contributed by atoms with E-state index >= 15 is 0 Å². The van der Waals surface area contributed by atoms with Crippen LogP contribution in [0.2, 0.25) is 0 Å². The van der Waals surface area contributed by atoms with E-state index in [1.54, 1.807) is 23.5 Å². The molecular formula is C15H14N2O2S.